The lowest BCUT2D eigenvalue weighted by Gasteiger charge is -2.07. The van der Waals surface area contributed by atoms with Crippen molar-refractivity contribution >= 4 is 0 Å². The standard InChI is InChI=1S/C12H21N2O/c1-2-7-13-8-9-14(10-13)11-15-12-5-3-4-6-12/h8-10,12H,2-7,11H2,1H3/q+1. The first-order valence-electron chi connectivity index (χ1n) is 6.05. The summed E-state index contributed by atoms with van der Waals surface area (Å²) < 4.78 is 10.2. The SMILES string of the molecule is CCCn1cc[n+](COC2CCCC2)c1. The first-order chi connectivity index (χ1) is 7.38. The number of ether oxygens (including phenoxy) is 1. The van der Waals surface area contributed by atoms with Gasteiger partial charge in [-0.25, -0.2) is 9.13 Å². The van der Waals surface area contributed by atoms with E-state index in [1.807, 2.05) is 0 Å². The minimum atomic E-state index is 0.507. The molecule has 0 amide bonds. The molecule has 1 heterocycles. The lowest BCUT2D eigenvalue weighted by molar-refractivity contribution is -0.734. The fraction of sp³-hybridized carbons (Fsp3) is 0.750. The third-order valence-corrected chi connectivity index (χ3v) is 2.99. The normalized spacial score (nSPS) is 17.4. The summed E-state index contributed by atoms with van der Waals surface area (Å²) in [5, 5.41) is 0. The van der Waals surface area contributed by atoms with Crippen LogP contribution in [-0.4, -0.2) is 10.7 Å². The fourth-order valence-electron chi connectivity index (χ4n) is 2.15. The third-order valence-electron chi connectivity index (χ3n) is 2.99. The molecule has 0 aliphatic heterocycles. The van der Waals surface area contributed by atoms with Crippen LogP contribution in [0.15, 0.2) is 18.7 Å². The van der Waals surface area contributed by atoms with Gasteiger partial charge in [-0.15, -0.1) is 0 Å². The predicted octanol–water partition coefficient (Wildman–Crippen LogP) is 2.10. The highest BCUT2D eigenvalue weighted by Crippen LogP contribution is 2.20. The van der Waals surface area contributed by atoms with E-state index < -0.39 is 0 Å². The molecule has 0 N–H and O–H groups in total. The molecule has 1 aliphatic carbocycles. The van der Waals surface area contributed by atoms with Gasteiger partial charge in [0.25, 0.3) is 0 Å². The van der Waals surface area contributed by atoms with E-state index in [2.05, 4.69) is 34.8 Å². The van der Waals surface area contributed by atoms with Crippen molar-refractivity contribution in [2.75, 3.05) is 0 Å². The van der Waals surface area contributed by atoms with Gasteiger partial charge >= 0.3 is 0 Å². The van der Waals surface area contributed by atoms with Gasteiger partial charge in [0.1, 0.15) is 12.4 Å². The van der Waals surface area contributed by atoms with Crippen LogP contribution in [0, 0.1) is 0 Å². The molecule has 0 bridgehead atoms. The number of imidazole rings is 1. The molecule has 84 valence electrons. The summed E-state index contributed by atoms with van der Waals surface area (Å²) in [5.74, 6) is 0. The van der Waals surface area contributed by atoms with Gasteiger partial charge < -0.3 is 4.74 Å². The first kappa shape index (κ1) is 10.7. The second kappa shape index (κ2) is 5.31. The summed E-state index contributed by atoms with van der Waals surface area (Å²) in [4.78, 5) is 0. The maximum absolute atomic E-state index is 5.83. The van der Waals surface area contributed by atoms with E-state index in [4.69, 9.17) is 4.74 Å². The molecule has 0 atom stereocenters. The van der Waals surface area contributed by atoms with E-state index in [1.165, 1.54) is 32.1 Å². The molecule has 1 aromatic heterocycles. The van der Waals surface area contributed by atoms with E-state index >= 15 is 0 Å². The van der Waals surface area contributed by atoms with Crippen molar-refractivity contribution in [2.45, 2.75) is 58.4 Å². The van der Waals surface area contributed by atoms with Gasteiger partial charge in [0.15, 0.2) is 6.73 Å². The fourth-order valence-corrected chi connectivity index (χ4v) is 2.15. The average Bonchev–Trinajstić information content (AvgIpc) is 2.85. The maximum atomic E-state index is 5.83. The molecule has 2 rings (SSSR count). The molecule has 3 heteroatoms. The summed E-state index contributed by atoms with van der Waals surface area (Å²) in [6, 6.07) is 0. The van der Waals surface area contributed by atoms with Gasteiger partial charge in [-0.3, -0.25) is 0 Å². The molecule has 0 aromatic carbocycles. The molecule has 0 spiro atoms. The summed E-state index contributed by atoms with van der Waals surface area (Å²) >= 11 is 0. The molecule has 1 fully saturated rings. The zero-order valence-corrected chi connectivity index (χ0v) is 9.56. The number of hydrogen-bond acceptors (Lipinski definition) is 1. The van der Waals surface area contributed by atoms with Crippen molar-refractivity contribution in [1.29, 1.82) is 0 Å². The number of aryl methyl sites for hydroxylation is 1. The molecule has 1 aliphatic rings. The van der Waals surface area contributed by atoms with Crippen LogP contribution in [0.5, 0.6) is 0 Å². The van der Waals surface area contributed by atoms with Crippen molar-refractivity contribution < 1.29 is 9.30 Å². The summed E-state index contributed by atoms with van der Waals surface area (Å²) in [5.41, 5.74) is 0. The molecule has 1 saturated carbocycles. The van der Waals surface area contributed by atoms with E-state index in [1.54, 1.807) is 0 Å². The number of hydrogen-bond donors (Lipinski definition) is 0. The molecular weight excluding hydrogens is 188 g/mol. The van der Waals surface area contributed by atoms with Crippen LogP contribution in [0.1, 0.15) is 39.0 Å². The second-order valence-corrected chi connectivity index (χ2v) is 4.37. The Kier molecular flexibility index (Phi) is 3.78. The highest BCUT2D eigenvalue weighted by atomic mass is 16.5. The van der Waals surface area contributed by atoms with Gasteiger partial charge in [0, 0.05) is 0 Å². The highest BCUT2D eigenvalue weighted by molar-refractivity contribution is 4.66. The predicted molar refractivity (Wildman–Crippen MR) is 58.3 cm³/mol. The van der Waals surface area contributed by atoms with Crippen LogP contribution in [0.25, 0.3) is 0 Å². The van der Waals surface area contributed by atoms with Crippen molar-refractivity contribution in [3.63, 3.8) is 0 Å². The van der Waals surface area contributed by atoms with Crippen LogP contribution < -0.4 is 4.57 Å². The topological polar surface area (TPSA) is 18.0 Å². The summed E-state index contributed by atoms with van der Waals surface area (Å²) in [7, 11) is 0. The van der Waals surface area contributed by atoms with Crippen LogP contribution in [-0.2, 0) is 18.0 Å². The lowest BCUT2D eigenvalue weighted by atomic mass is 10.3. The molecule has 1 aromatic rings. The van der Waals surface area contributed by atoms with E-state index in [-0.39, 0.29) is 0 Å². The van der Waals surface area contributed by atoms with Crippen molar-refractivity contribution in [1.82, 2.24) is 4.57 Å². The van der Waals surface area contributed by atoms with Crippen LogP contribution >= 0.6 is 0 Å². The molecule has 3 nitrogen and oxygen atoms in total. The Balaban J connectivity index is 1.77. The zero-order chi connectivity index (χ0) is 10.5. The molecule has 0 unspecified atom stereocenters. The van der Waals surface area contributed by atoms with Crippen LogP contribution in [0.4, 0.5) is 0 Å². The Bertz CT molecular complexity index is 290. The molecule has 0 radical (unpaired) electrons. The summed E-state index contributed by atoms with van der Waals surface area (Å²) in [6.07, 6.45) is 13.2. The van der Waals surface area contributed by atoms with Gasteiger partial charge in [0.05, 0.1) is 12.6 Å². The van der Waals surface area contributed by atoms with Crippen LogP contribution in [0.2, 0.25) is 0 Å². The van der Waals surface area contributed by atoms with E-state index in [0.717, 1.165) is 6.54 Å². The van der Waals surface area contributed by atoms with E-state index in [0.29, 0.717) is 12.8 Å². The second-order valence-electron chi connectivity index (χ2n) is 4.37. The lowest BCUT2D eigenvalue weighted by Crippen LogP contribution is -2.34. The monoisotopic (exact) mass is 209 g/mol. The Morgan fingerprint density at radius 3 is 2.93 bits per heavy atom. The Labute approximate surface area is 91.7 Å². The van der Waals surface area contributed by atoms with Crippen molar-refractivity contribution in [3.8, 4) is 0 Å². The van der Waals surface area contributed by atoms with Crippen molar-refractivity contribution in [2.24, 2.45) is 0 Å². The Hall–Kier alpha value is -0.830. The van der Waals surface area contributed by atoms with Gasteiger partial charge in [0.2, 0.25) is 6.33 Å². The van der Waals surface area contributed by atoms with Crippen LogP contribution in [0.3, 0.4) is 0 Å². The zero-order valence-electron chi connectivity index (χ0n) is 9.56. The van der Waals surface area contributed by atoms with E-state index in [9.17, 15) is 0 Å². The number of aromatic nitrogens is 2. The largest absolute Gasteiger partial charge is 0.338 e. The minimum Gasteiger partial charge on any atom is -0.338 e. The first-order valence-corrected chi connectivity index (χ1v) is 6.05. The van der Waals surface area contributed by atoms with Gasteiger partial charge in [-0.05, 0) is 19.3 Å². The smallest absolute Gasteiger partial charge is 0.245 e. The molecule has 0 saturated heterocycles. The van der Waals surface area contributed by atoms with Gasteiger partial charge in [-0.2, -0.15) is 0 Å². The molecule has 15 heavy (non-hydrogen) atoms. The van der Waals surface area contributed by atoms with Gasteiger partial charge in [-0.1, -0.05) is 19.8 Å². The van der Waals surface area contributed by atoms with Crippen molar-refractivity contribution in [3.05, 3.63) is 18.7 Å². The Morgan fingerprint density at radius 1 is 1.40 bits per heavy atom. The maximum Gasteiger partial charge on any atom is 0.245 e. The molecular formula is C12H21N2O+. The number of rotatable bonds is 5. The minimum absolute atomic E-state index is 0.507. The Morgan fingerprint density at radius 2 is 2.20 bits per heavy atom. The quantitative estimate of drug-likeness (QED) is 0.679. The highest BCUT2D eigenvalue weighted by Gasteiger charge is 2.16. The average molecular weight is 209 g/mol. The number of nitrogens with zero attached hydrogens (tertiary/aromatic N) is 2. The third kappa shape index (κ3) is 3.06. The summed E-state index contributed by atoms with van der Waals surface area (Å²) in [6.45, 7) is 4.00.